The van der Waals surface area contributed by atoms with Crippen molar-refractivity contribution in [2.24, 2.45) is 0 Å². The third-order valence-electron chi connectivity index (χ3n) is 3.57. The highest BCUT2D eigenvalue weighted by Crippen LogP contribution is 2.28. The second kappa shape index (κ2) is 5.01. The maximum atomic E-state index is 5.91. The Bertz CT molecular complexity index is 808. The maximum Gasteiger partial charge on any atom is 0.258 e. The van der Waals surface area contributed by atoms with Crippen LogP contribution >= 0.6 is 0 Å². The lowest BCUT2D eigenvalue weighted by Crippen LogP contribution is -1.93. The summed E-state index contributed by atoms with van der Waals surface area (Å²) in [7, 11) is 0. The van der Waals surface area contributed by atoms with E-state index in [1.807, 2.05) is 45.0 Å². The van der Waals surface area contributed by atoms with Gasteiger partial charge in [-0.25, -0.2) is 0 Å². The molecule has 0 unspecified atom stereocenters. The molecule has 2 heterocycles. The van der Waals surface area contributed by atoms with Crippen LogP contribution in [0, 0.1) is 20.8 Å². The number of pyridine rings is 1. The third-order valence-corrected chi connectivity index (χ3v) is 3.57. The summed E-state index contributed by atoms with van der Waals surface area (Å²) in [5.74, 6) is 0.950. The lowest BCUT2D eigenvalue weighted by Gasteiger charge is -2.06. The van der Waals surface area contributed by atoms with E-state index in [9.17, 15) is 0 Å². The van der Waals surface area contributed by atoms with Crippen molar-refractivity contribution in [2.45, 2.75) is 20.8 Å². The Morgan fingerprint density at radius 1 is 1.10 bits per heavy atom. The van der Waals surface area contributed by atoms with Crippen molar-refractivity contribution in [3.05, 3.63) is 47.2 Å². The first-order chi connectivity index (χ1) is 10.1. The van der Waals surface area contributed by atoms with Crippen molar-refractivity contribution in [1.82, 2.24) is 15.1 Å². The highest BCUT2D eigenvalue weighted by molar-refractivity contribution is 5.68. The van der Waals surface area contributed by atoms with Gasteiger partial charge < -0.3 is 10.3 Å². The zero-order chi connectivity index (χ0) is 15.0. The van der Waals surface area contributed by atoms with Gasteiger partial charge in [0.05, 0.1) is 0 Å². The zero-order valence-corrected chi connectivity index (χ0v) is 12.2. The average molecular weight is 280 g/mol. The molecule has 0 spiro atoms. The van der Waals surface area contributed by atoms with Gasteiger partial charge in [0.2, 0.25) is 5.82 Å². The largest absolute Gasteiger partial charge is 0.399 e. The number of hydrogen-bond donors (Lipinski definition) is 1. The van der Waals surface area contributed by atoms with Crippen LogP contribution in [0.5, 0.6) is 0 Å². The fourth-order valence-corrected chi connectivity index (χ4v) is 2.26. The minimum absolute atomic E-state index is 0.461. The highest BCUT2D eigenvalue weighted by Gasteiger charge is 2.16. The summed E-state index contributed by atoms with van der Waals surface area (Å²) >= 11 is 0. The Morgan fingerprint density at radius 3 is 2.67 bits per heavy atom. The van der Waals surface area contributed by atoms with E-state index in [-0.39, 0.29) is 0 Å². The van der Waals surface area contributed by atoms with E-state index in [2.05, 4.69) is 15.1 Å². The Morgan fingerprint density at radius 2 is 1.90 bits per heavy atom. The minimum atomic E-state index is 0.461. The molecular formula is C16H16N4O. The molecule has 5 nitrogen and oxygen atoms in total. The molecule has 0 aliphatic heterocycles. The summed E-state index contributed by atoms with van der Waals surface area (Å²) in [6, 6.07) is 7.63. The van der Waals surface area contributed by atoms with Gasteiger partial charge in [-0.15, -0.1) is 0 Å². The fraction of sp³-hybridized carbons (Fsp3) is 0.188. The Balaban J connectivity index is 2.09. The molecule has 3 rings (SSSR count). The molecular weight excluding hydrogens is 264 g/mol. The molecule has 0 saturated carbocycles. The van der Waals surface area contributed by atoms with Gasteiger partial charge in [0.25, 0.3) is 5.89 Å². The summed E-state index contributed by atoms with van der Waals surface area (Å²) in [5, 5.41) is 4.03. The number of anilines is 1. The van der Waals surface area contributed by atoms with Crippen LogP contribution in [0.25, 0.3) is 23.0 Å². The molecule has 0 bridgehead atoms. The molecule has 21 heavy (non-hydrogen) atoms. The van der Waals surface area contributed by atoms with Crippen LogP contribution in [0.4, 0.5) is 5.69 Å². The number of aryl methyl sites for hydroxylation is 2. The van der Waals surface area contributed by atoms with E-state index in [1.165, 1.54) is 0 Å². The second-order valence-corrected chi connectivity index (χ2v) is 5.10. The van der Waals surface area contributed by atoms with Crippen LogP contribution in [0.1, 0.15) is 16.7 Å². The molecule has 0 saturated heterocycles. The molecule has 0 aliphatic rings. The Hall–Kier alpha value is -2.69. The molecule has 5 heteroatoms. The molecule has 1 aromatic carbocycles. The summed E-state index contributed by atoms with van der Waals surface area (Å²) in [5.41, 5.74) is 11.4. The second-order valence-electron chi connectivity index (χ2n) is 5.10. The third kappa shape index (κ3) is 2.38. The number of rotatable bonds is 2. The standard InChI is InChI=1S/C16H16N4O/c1-9-5-4-6-18-14(9)15-19-16(21-20-15)13-8-12(17)7-10(2)11(13)3/h4-8H,17H2,1-3H3. The lowest BCUT2D eigenvalue weighted by molar-refractivity contribution is 0.432. The number of nitrogens with two attached hydrogens (primary N) is 1. The van der Waals surface area contributed by atoms with Crippen molar-refractivity contribution in [3.8, 4) is 23.0 Å². The smallest absolute Gasteiger partial charge is 0.258 e. The van der Waals surface area contributed by atoms with Crippen molar-refractivity contribution >= 4 is 5.69 Å². The summed E-state index contributed by atoms with van der Waals surface area (Å²) in [4.78, 5) is 8.76. The minimum Gasteiger partial charge on any atom is -0.399 e. The van der Waals surface area contributed by atoms with Gasteiger partial charge in [0.1, 0.15) is 5.69 Å². The number of nitrogens with zero attached hydrogens (tertiary/aromatic N) is 3. The summed E-state index contributed by atoms with van der Waals surface area (Å²) < 4.78 is 5.39. The zero-order valence-electron chi connectivity index (χ0n) is 12.2. The number of benzene rings is 1. The molecule has 0 radical (unpaired) electrons. The molecule has 2 N–H and O–H groups in total. The highest BCUT2D eigenvalue weighted by atomic mass is 16.5. The molecule has 0 fully saturated rings. The molecule has 3 aromatic rings. The van der Waals surface area contributed by atoms with E-state index in [4.69, 9.17) is 10.3 Å². The van der Waals surface area contributed by atoms with Crippen LogP contribution in [0.3, 0.4) is 0 Å². The van der Waals surface area contributed by atoms with Gasteiger partial charge in [-0.05, 0) is 55.7 Å². The molecule has 0 aliphatic carbocycles. The molecule has 2 aromatic heterocycles. The SMILES string of the molecule is Cc1cccnc1-c1noc(-c2cc(N)cc(C)c2C)n1. The summed E-state index contributed by atoms with van der Waals surface area (Å²) in [6.07, 6.45) is 1.72. The van der Waals surface area contributed by atoms with Crippen molar-refractivity contribution in [3.63, 3.8) is 0 Å². The van der Waals surface area contributed by atoms with Gasteiger partial charge in [-0.3, -0.25) is 4.98 Å². The first-order valence-electron chi connectivity index (χ1n) is 6.69. The van der Waals surface area contributed by atoms with Gasteiger partial charge in [0, 0.05) is 17.4 Å². The topological polar surface area (TPSA) is 77.8 Å². The van der Waals surface area contributed by atoms with Gasteiger partial charge in [-0.1, -0.05) is 11.2 Å². The predicted molar refractivity (Wildman–Crippen MR) is 81.6 cm³/mol. The Labute approximate surface area is 122 Å². The van der Waals surface area contributed by atoms with E-state index in [0.717, 1.165) is 27.9 Å². The number of aromatic nitrogens is 3. The van der Waals surface area contributed by atoms with Crippen LogP contribution < -0.4 is 5.73 Å². The van der Waals surface area contributed by atoms with Crippen molar-refractivity contribution < 1.29 is 4.52 Å². The Kier molecular flexibility index (Phi) is 3.17. The first kappa shape index (κ1) is 13.3. The average Bonchev–Trinajstić information content (AvgIpc) is 2.92. The van der Waals surface area contributed by atoms with Gasteiger partial charge >= 0.3 is 0 Å². The fourth-order valence-electron chi connectivity index (χ4n) is 2.26. The quantitative estimate of drug-likeness (QED) is 0.729. The normalized spacial score (nSPS) is 10.8. The van der Waals surface area contributed by atoms with E-state index in [1.54, 1.807) is 6.20 Å². The molecule has 0 amide bonds. The maximum absolute atomic E-state index is 5.91. The molecule has 0 atom stereocenters. The van der Waals surface area contributed by atoms with E-state index < -0.39 is 0 Å². The predicted octanol–water partition coefficient (Wildman–Crippen LogP) is 3.31. The van der Waals surface area contributed by atoms with Crippen LogP contribution in [-0.4, -0.2) is 15.1 Å². The van der Waals surface area contributed by atoms with Gasteiger partial charge in [0.15, 0.2) is 0 Å². The monoisotopic (exact) mass is 280 g/mol. The molecule has 106 valence electrons. The van der Waals surface area contributed by atoms with Crippen LogP contribution in [0.2, 0.25) is 0 Å². The van der Waals surface area contributed by atoms with E-state index in [0.29, 0.717) is 17.4 Å². The summed E-state index contributed by atoms with van der Waals surface area (Å²) in [6.45, 7) is 5.99. The van der Waals surface area contributed by atoms with Crippen molar-refractivity contribution in [1.29, 1.82) is 0 Å². The number of hydrogen-bond acceptors (Lipinski definition) is 5. The van der Waals surface area contributed by atoms with Crippen LogP contribution in [0.15, 0.2) is 35.0 Å². The number of nitrogen functional groups attached to an aromatic ring is 1. The van der Waals surface area contributed by atoms with Gasteiger partial charge in [-0.2, -0.15) is 4.98 Å². The van der Waals surface area contributed by atoms with E-state index >= 15 is 0 Å². The first-order valence-corrected chi connectivity index (χ1v) is 6.69. The van der Waals surface area contributed by atoms with Crippen molar-refractivity contribution in [2.75, 3.05) is 5.73 Å². The lowest BCUT2D eigenvalue weighted by atomic mass is 10.0. The van der Waals surface area contributed by atoms with Crippen LogP contribution in [-0.2, 0) is 0 Å².